The van der Waals surface area contributed by atoms with Gasteiger partial charge in [-0.3, -0.25) is 28.8 Å². The Morgan fingerprint density at radius 2 is 0.427 bits per heavy atom. The number of aliphatic hydroxyl groups is 31. The third-order valence-electron chi connectivity index (χ3n) is 27.4. The minimum Gasteiger partial charge on any atom is -0.394 e. The van der Waals surface area contributed by atoms with Crippen LogP contribution in [0.25, 0.3) is 0 Å². The summed E-state index contributed by atoms with van der Waals surface area (Å²) in [6, 6.07) is -11.8. The van der Waals surface area contributed by atoms with Crippen LogP contribution < -0.4 is 31.9 Å². The van der Waals surface area contributed by atoms with E-state index in [4.69, 9.17) is 109 Å². The fraction of sp³-hybridized carbons (Fsp3) is 0.929. The van der Waals surface area contributed by atoms with Gasteiger partial charge in [-0.15, -0.1) is 0 Å². The Kier molecular flexibility index (Phi) is 44.4. The topological polar surface area (TPSA) is 1010 Å². The largest absolute Gasteiger partial charge is 0.394 e. The average Bonchev–Trinajstić information content (AvgIpc) is 0.763. The maximum Gasteiger partial charge on any atom is 0.217 e. The molecule has 866 valence electrons. The molecule has 37 N–H and O–H groups in total. The minimum absolute atomic E-state index is 0.840. The van der Waals surface area contributed by atoms with Crippen LogP contribution >= 0.6 is 0 Å². The fourth-order valence-electron chi connectivity index (χ4n) is 19.5. The predicted molar refractivity (Wildman–Crippen MR) is 463 cm³/mol. The molecule has 0 aromatic heterocycles. The lowest BCUT2D eigenvalue weighted by Gasteiger charge is -2.52. The van der Waals surface area contributed by atoms with Gasteiger partial charge >= 0.3 is 0 Å². The highest BCUT2D eigenvalue weighted by Crippen LogP contribution is 2.43. The zero-order valence-corrected chi connectivity index (χ0v) is 81.1. The van der Waals surface area contributed by atoms with Crippen molar-refractivity contribution in [1.82, 2.24) is 31.9 Å². The van der Waals surface area contributed by atoms with Gasteiger partial charge in [-0.1, -0.05) is 0 Å². The van der Waals surface area contributed by atoms with E-state index in [-0.39, 0.29) is 0 Å². The molecule has 12 heterocycles. The van der Waals surface area contributed by atoms with E-state index < -0.39 is 476 Å². The summed E-state index contributed by atoms with van der Waals surface area (Å²) in [4.78, 5) is 78.2. The first kappa shape index (κ1) is 123. The van der Waals surface area contributed by atoms with Crippen molar-refractivity contribution in [2.75, 3.05) is 72.7 Å². The smallest absolute Gasteiger partial charge is 0.217 e. The van der Waals surface area contributed by atoms with Crippen LogP contribution in [0.3, 0.4) is 0 Å². The van der Waals surface area contributed by atoms with Gasteiger partial charge in [0.05, 0.1) is 78.8 Å². The van der Waals surface area contributed by atoms with Gasteiger partial charge in [-0.05, 0) is 6.92 Å². The van der Waals surface area contributed by atoms with E-state index in [9.17, 15) is 187 Å². The molecule has 0 aliphatic carbocycles. The van der Waals surface area contributed by atoms with Crippen LogP contribution in [0.15, 0.2) is 0 Å². The Hall–Kier alpha value is -5.34. The maximum atomic E-state index is 13.6. The molecule has 12 saturated heterocycles. The molecule has 0 aromatic carbocycles. The van der Waals surface area contributed by atoms with Crippen molar-refractivity contribution in [2.45, 2.75) is 417 Å². The van der Waals surface area contributed by atoms with E-state index in [1.807, 2.05) is 0 Å². The van der Waals surface area contributed by atoms with Crippen molar-refractivity contribution < 1.29 is 296 Å². The molecule has 0 bridgehead atoms. The molecule has 66 heteroatoms. The van der Waals surface area contributed by atoms with Crippen LogP contribution in [0.1, 0.15) is 48.5 Å². The molecule has 12 fully saturated rings. The van der Waals surface area contributed by atoms with Gasteiger partial charge in [0.2, 0.25) is 35.4 Å². The first-order valence-electron chi connectivity index (χ1n) is 48.0. The van der Waals surface area contributed by atoms with Crippen molar-refractivity contribution in [3.63, 3.8) is 0 Å². The number of aliphatic hydroxyl groups excluding tert-OH is 31. The minimum atomic E-state index is -2.82. The molecule has 6 amide bonds. The molecule has 0 saturated carbocycles. The lowest BCUT2D eigenvalue weighted by Crippen LogP contribution is -2.71. The zero-order valence-electron chi connectivity index (χ0n) is 81.1. The van der Waals surface area contributed by atoms with Gasteiger partial charge in [0.25, 0.3) is 0 Å². The van der Waals surface area contributed by atoms with Gasteiger partial charge in [0.15, 0.2) is 75.5 Å². The maximum absolute atomic E-state index is 13.6. The normalized spacial score (nSPS) is 48.8. The molecule has 12 aliphatic rings. The fourth-order valence-corrected chi connectivity index (χ4v) is 19.5. The van der Waals surface area contributed by atoms with E-state index in [2.05, 4.69) is 31.9 Å². The van der Waals surface area contributed by atoms with E-state index in [0.717, 1.165) is 41.5 Å². The summed E-state index contributed by atoms with van der Waals surface area (Å²) in [6.07, 6.45) is -118. The summed E-state index contributed by atoms with van der Waals surface area (Å²) in [5.74, 6) is -5.84. The molecule has 66 nitrogen and oxygen atoms in total. The first-order chi connectivity index (χ1) is 70.9. The highest BCUT2D eigenvalue weighted by molar-refractivity contribution is 5.75. The summed E-state index contributed by atoms with van der Waals surface area (Å²) < 4.78 is 139. The highest BCUT2D eigenvalue weighted by atomic mass is 16.8. The van der Waals surface area contributed by atoms with E-state index in [1.54, 1.807) is 0 Å². The molecule has 12 aliphatic heterocycles. The van der Waals surface area contributed by atoms with Crippen LogP contribution in [0, 0.1) is 0 Å². The summed E-state index contributed by atoms with van der Waals surface area (Å²) in [5.41, 5.74) is 0. The Morgan fingerprint density at radius 1 is 0.187 bits per heavy atom. The van der Waals surface area contributed by atoms with Gasteiger partial charge < -0.3 is 299 Å². The number of carbonyl (C=O) groups excluding carboxylic acids is 6. The second-order valence-corrected chi connectivity index (χ2v) is 38.1. The molecule has 0 radical (unpaired) electrons. The highest BCUT2D eigenvalue weighted by Gasteiger charge is 2.64. The van der Waals surface area contributed by atoms with E-state index in [1.165, 1.54) is 6.92 Å². The lowest BCUT2D eigenvalue weighted by molar-refractivity contribution is -0.406. The van der Waals surface area contributed by atoms with E-state index in [0.29, 0.717) is 0 Å². The van der Waals surface area contributed by atoms with Gasteiger partial charge in [-0.25, -0.2) is 0 Å². The third kappa shape index (κ3) is 27.7. The Bertz CT molecular complexity index is 4250. The number of nitrogens with one attached hydrogen (secondary N) is 6. The van der Waals surface area contributed by atoms with Crippen LogP contribution in [0.4, 0.5) is 0 Å². The van der Waals surface area contributed by atoms with Crippen molar-refractivity contribution in [3.05, 3.63) is 0 Å². The van der Waals surface area contributed by atoms with Crippen molar-refractivity contribution in [2.24, 2.45) is 0 Å². The van der Waals surface area contributed by atoms with Gasteiger partial charge in [0.1, 0.15) is 287 Å². The molecule has 12 rings (SSSR count). The molecular weight excluding hydrogens is 2050 g/mol. The summed E-state index contributed by atoms with van der Waals surface area (Å²) in [6.45, 7) is -6.14. The van der Waals surface area contributed by atoms with Gasteiger partial charge in [-0.2, -0.15) is 0 Å². The third-order valence-corrected chi connectivity index (χ3v) is 27.4. The molecule has 60 atom stereocenters. The molecule has 0 aromatic rings. The van der Waals surface area contributed by atoms with Crippen molar-refractivity contribution in [3.8, 4) is 0 Å². The Balaban J connectivity index is 0.943. The summed E-state index contributed by atoms with van der Waals surface area (Å²) >= 11 is 0. The van der Waals surface area contributed by atoms with Crippen LogP contribution in [-0.4, -0.2) is 635 Å². The summed E-state index contributed by atoms with van der Waals surface area (Å²) in [7, 11) is 0. The molecule has 150 heavy (non-hydrogen) atoms. The number of amides is 6. The predicted octanol–water partition coefficient (Wildman–Crippen LogP) is -25.3. The number of hydrogen-bond acceptors (Lipinski definition) is 60. The van der Waals surface area contributed by atoms with Crippen LogP contribution in [-0.2, 0) is 138 Å². The molecule has 0 unspecified atom stereocenters. The Morgan fingerprint density at radius 3 is 0.840 bits per heavy atom. The summed E-state index contributed by atoms with van der Waals surface area (Å²) in [5, 5.41) is 368. The second kappa shape index (κ2) is 54.0. The number of ether oxygens (including phenoxy) is 23. The first-order valence-corrected chi connectivity index (χ1v) is 48.0. The standard InChI is InChI=1S/C84H140N6O60/c1-19-43(105)57(119)60(122)79(131-19)129-18-36-68(54(116)37(73(127)132-36)85-20(2)99)144-77-41(89-24(6)103)55(117)66(31(13-96)138-77)146-82-64(126)70(50(112)35(141-82)17-130-83-71(149-76-40(88-23(5)102)53(115)46(108)28(10-93)135-76)59(121)48(110)34(142-83)16-128-74-38(86-21(3)100)51(113)44(106)26(8-91)133-74)148-84-72(62(124)67(33(15-98)140-84)143-75-39(87-22(4)101)52(114)45(107)27(9-92)134-75)150-78-42(90-25(7)104)56(118)65(32(14-97)139-78)145-81-63(125)69(49(111)30(12-95)137-81)147-80-61(123)58(120)47(109)29(11-94)136-80/h19,26-84,91-98,105-127H,8-18H2,1-7H3,(H,85,99)(H,86,100)(H,87,101)(H,88,102)(H,89,103)(H,90,104)/t19-,26+,27+,28+,29+,30+,31+,32+,33+,34+,35+,36+,37+,38+,39+,40+,41+,42+,43+,44+,45+,46+,47-,48+,49-,50+,51+,52+,53+,54+,55+,56+,57+,58-,59-,60-,61+,62-,63+,64-,65+,66+,67+,68+,69-,70-,71-,72-,73+,74+,75-,76-,77-,78-,79+,80+,81-,82-,83-,84+/m0/s1. The number of hydrogen-bond donors (Lipinski definition) is 37. The molecular formula is C84H140N6O60. The van der Waals surface area contributed by atoms with Gasteiger partial charge in [0, 0.05) is 41.5 Å². The lowest BCUT2D eigenvalue weighted by atomic mass is 9.93. The average molecular weight is 2190 g/mol. The zero-order chi connectivity index (χ0) is 110. The van der Waals surface area contributed by atoms with Crippen molar-refractivity contribution in [1.29, 1.82) is 0 Å². The number of rotatable bonds is 39. The quantitative estimate of drug-likeness (QED) is 0.0272. The Labute approximate surface area is 849 Å². The van der Waals surface area contributed by atoms with Crippen LogP contribution in [0.2, 0.25) is 0 Å². The van der Waals surface area contributed by atoms with E-state index >= 15 is 0 Å². The monoisotopic (exact) mass is 2190 g/mol. The van der Waals surface area contributed by atoms with Crippen LogP contribution in [0.5, 0.6) is 0 Å². The molecule has 0 spiro atoms. The van der Waals surface area contributed by atoms with Crippen molar-refractivity contribution >= 4 is 35.4 Å². The SMILES string of the molecule is CC(=O)N[C@@H]1[C@@H](O)[C@H](O[C@@H]2O[C@H](CO)[C@@H](O[C@@H]3O[C@H](CO[C@H]4O[C@H](CO[C@@H]5O[C@H](CO)[C@@H](O)[C@H](O)[C@H]5NC(C)=O)[C@@H](O)[C@H](O)[C@@H]4O[C@@H]4O[C@H](CO)[C@@H](O)[C@H](O)[C@H]4NC(C)=O)[C@@H](O)[C@H](O[C@H]4O[C@H](CO)[C@@H](O[C@@H]5O[C@H](CO)[C@@H](O)[C@H](O)[C@H]5NC(C)=O)[C@H](O)[C@@H]4O[C@@H]4O[C@H](CO)[C@@H](O[C@@H]5O[C@H](CO)[C@H](O)[C@H](O[C@H]6O[C@H](CO)[C@H](O)[C@H](O)[C@H]6O)[C@H]5O)[C@H](O)[C@H]4NC(C)=O)[C@@H]3O)[C@H](O)[C@H]2NC(C)=O)[C@@H](CO[C@@H]2O[C@@H](C)[C@@H](O)[C@@H](O)[C@@H]2O)O[C@H]1O. The number of carbonyl (C=O) groups is 6. The second-order valence-electron chi connectivity index (χ2n) is 38.1.